The summed E-state index contributed by atoms with van der Waals surface area (Å²) in [5.74, 6) is 0. The van der Waals surface area contributed by atoms with E-state index in [1.165, 1.54) is 64.2 Å². The molecule has 0 aromatic carbocycles. The van der Waals surface area contributed by atoms with Crippen molar-refractivity contribution in [3.8, 4) is 0 Å². The lowest BCUT2D eigenvalue weighted by atomic mass is 10.1. The van der Waals surface area contributed by atoms with E-state index in [9.17, 15) is 4.79 Å². The van der Waals surface area contributed by atoms with E-state index < -0.39 is 0 Å². The van der Waals surface area contributed by atoms with Crippen LogP contribution in [0.1, 0.15) is 71.1 Å². The van der Waals surface area contributed by atoms with Gasteiger partial charge in [0, 0.05) is 0 Å². The Morgan fingerprint density at radius 3 is 1.67 bits per heavy atom. The minimum atomic E-state index is 0.650. The Labute approximate surface area is 114 Å². The molecule has 0 aromatic heterocycles. The van der Waals surface area contributed by atoms with Gasteiger partial charge >= 0.3 is 0 Å². The first kappa shape index (κ1) is 17.6. The van der Waals surface area contributed by atoms with E-state index in [0.717, 1.165) is 17.3 Å². The lowest BCUT2D eigenvalue weighted by molar-refractivity contribution is -0.881. The molecule has 0 fully saturated rings. The number of hydrogen-bond acceptors (Lipinski definition) is 1. The van der Waals surface area contributed by atoms with Crippen LogP contribution in [-0.4, -0.2) is 38.0 Å². The SMILES string of the molecule is CCCCCCCCCCCC[N+](C)(C)CC=O. The molecular formula is C16H34NO+. The number of nitrogens with zero attached hydrogens (tertiary/aromatic N) is 1. The van der Waals surface area contributed by atoms with Crippen molar-refractivity contribution in [2.45, 2.75) is 71.1 Å². The van der Waals surface area contributed by atoms with Crippen LogP contribution in [-0.2, 0) is 4.79 Å². The summed E-state index contributed by atoms with van der Waals surface area (Å²) < 4.78 is 0.848. The molecule has 0 aliphatic carbocycles. The minimum Gasteiger partial charge on any atom is -0.323 e. The molecule has 0 amide bonds. The molecule has 0 N–H and O–H groups in total. The molecule has 0 heterocycles. The summed E-state index contributed by atoms with van der Waals surface area (Å²) in [4.78, 5) is 10.5. The molecular weight excluding hydrogens is 222 g/mol. The summed E-state index contributed by atoms with van der Waals surface area (Å²) in [5, 5.41) is 0. The Hall–Kier alpha value is -0.370. The summed E-state index contributed by atoms with van der Waals surface area (Å²) in [6.45, 7) is 4.05. The van der Waals surface area contributed by atoms with Crippen LogP contribution in [0.3, 0.4) is 0 Å². The van der Waals surface area contributed by atoms with Gasteiger partial charge in [-0.3, -0.25) is 4.79 Å². The molecule has 0 aliphatic rings. The molecule has 0 bridgehead atoms. The van der Waals surface area contributed by atoms with Crippen LogP contribution in [0.2, 0.25) is 0 Å². The molecule has 0 atom stereocenters. The number of likely N-dealkylation sites (N-methyl/N-ethyl adjacent to an activating group) is 1. The van der Waals surface area contributed by atoms with Gasteiger partial charge in [-0.05, 0) is 12.8 Å². The third-order valence-corrected chi connectivity index (χ3v) is 3.69. The highest BCUT2D eigenvalue weighted by Gasteiger charge is 2.12. The fourth-order valence-corrected chi connectivity index (χ4v) is 2.32. The highest BCUT2D eigenvalue weighted by molar-refractivity contribution is 5.50. The maximum absolute atomic E-state index is 10.5. The van der Waals surface area contributed by atoms with E-state index >= 15 is 0 Å². The number of rotatable bonds is 13. The van der Waals surface area contributed by atoms with E-state index in [1.54, 1.807) is 0 Å². The van der Waals surface area contributed by atoms with Crippen LogP contribution in [0.25, 0.3) is 0 Å². The van der Waals surface area contributed by atoms with Crippen molar-refractivity contribution in [1.29, 1.82) is 0 Å². The minimum absolute atomic E-state index is 0.650. The predicted octanol–water partition coefficient (Wildman–Crippen LogP) is 4.18. The second-order valence-electron chi connectivity index (χ2n) is 6.19. The maximum Gasteiger partial charge on any atom is 0.174 e. The maximum atomic E-state index is 10.5. The highest BCUT2D eigenvalue weighted by atomic mass is 16.1. The number of unbranched alkanes of at least 4 members (excludes halogenated alkanes) is 9. The molecule has 108 valence electrons. The average Bonchev–Trinajstić information content (AvgIpc) is 2.31. The van der Waals surface area contributed by atoms with Gasteiger partial charge in [0.25, 0.3) is 0 Å². The van der Waals surface area contributed by atoms with Crippen LogP contribution in [0.4, 0.5) is 0 Å². The van der Waals surface area contributed by atoms with Gasteiger partial charge in [0.15, 0.2) is 6.29 Å². The normalized spacial score (nSPS) is 11.7. The first-order chi connectivity index (χ1) is 8.62. The molecule has 0 saturated heterocycles. The second-order valence-corrected chi connectivity index (χ2v) is 6.19. The highest BCUT2D eigenvalue weighted by Crippen LogP contribution is 2.11. The molecule has 0 saturated carbocycles. The van der Waals surface area contributed by atoms with E-state index in [2.05, 4.69) is 21.0 Å². The van der Waals surface area contributed by atoms with Crippen molar-refractivity contribution in [2.24, 2.45) is 0 Å². The first-order valence-corrected chi connectivity index (χ1v) is 7.88. The van der Waals surface area contributed by atoms with E-state index in [1.807, 2.05) is 0 Å². The zero-order valence-electron chi connectivity index (χ0n) is 12.9. The molecule has 0 spiro atoms. The first-order valence-electron chi connectivity index (χ1n) is 7.88. The van der Waals surface area contributed by atoms with Crippen LogP contribution in [0.5, 0.6) is 0 Å². The van der Waals surface area contributed by atoms with E-state index in [0.29, 0.717) is 6.54 Å². The van der Waals surface area contributed by atoms with Gasteiger partial charge in [0.05, 0.1) is 20.6 Å². The summed E-state index contributed by atoms with van der Waals surface area (Å²) in [5.41, 5.74) is 0. The Balaban J connectivity index is 3.18. The summed E-state index contributed by atoms with van der Waals surface area (Å²) in [7, 11) is 4.28. The van der Waals surface area contributed by atoms with Crippen molar-refractivity contribution < 1.29 is 9.28 Å². The topological polar surface area (TPSA) is 17.1 Å². The van der Waals surface area contributed by atoms with Gasteiger partial charge in [0.2, 0.25) is 0 Å². The number of carbonyl (C=O) groups is 1. The monoisotopic (exact) mass is 256 g/mol. The fourth-order valence-electron chi connectivity index (χ4n) is 2.32. The van der Waals surface area contributed by atoms with Crippen molar-refractivity contribution in [1.82, 2.24) is 0 Å². The quantitative estimate of drug-likeness (QED) is 0.274. The summed E-state index contributed by atoms with van der Waals surface area (Å²) >= 11 is 0. The van der Waals surface area contributed by atoms with Crippen LogP contribution in [0, 0.1) is 0 Å². The lowest BCUT2D eigenvalue weighted by Crippen LogP contribution is -2.41. The Morgan fingerprint density at radius 2 is 1.22 bits per heavy atom. The number of aldehydes is 1. The molecule has 2 heteroatoms. The number of hydrogen-bond donors (Lipinski definition) is 0. The third kappa shape index (κ3) is 12.1. The molecule has 2 nitrogen and oxygen atoms in total. The van der Waals surface area contributed by atoms with Crippen LogP contribution >= 0.6 is 0 Å². The molecule has 0 unspecified atom stereocenters. The largest absolute Gasteiger partial charge is 0.323 e. The van der Waals surface area contributed by atoms with Gasteiger partial charge in [-0.15, -0.1) is 0 Å². The van der Waals surface area contributed by atoms with Crippen molar-refractivity contribution in [3.63, 3.8) is 0 Å². The standard InChI is InChI=1S/C16H34NO/c1-4-5-6-7-8-9-10-11-12-13-14-17(2,3)15-16-18/h16H,4-15H2,1-3H3/q+1. The lowest BCUT2D eigenvalue weighted by Gasteiger charge is -2.27. The molecule has 0 aliphatic heterocycles. The third-order valence-electron chi connectivity index (χ3n) is 3.69. The fraction of sp³-hybridized carbons (Fsp3) is 0.938. The van der Waals surface area contributed by atoms with E-state index in [-0.39, 0.29) is 0 Å². The zero-order valence-corrected chi connectivity index (χ0v) is 12.9. The van der Waals surface area contributed by atoms with Gasteiger partial charge in [-0.2, -0.15) is 0 Å². The zero-order chi connectivity index (χ0) is 13.7. The Morgan fingerprint density at radius 1 is 0.778 bits per heavy atom. The second kappa shape index (κ2) is 11.7. The average molecular weight is 256 g/mol. The van der Waals surface area contributed by atoms with Gasteiger partial charge in [0.1, 0.15) is 6.54 Å². The van der Waals surface area contributed by atoms with Crippen molar-refractivity contribution in [2.75, 3.05) is 27.2 Å². The van der Waals surface area contributed by atoms with E-state index in [4.69, 9.17) is 0 Å². The number of carbonyl (C=O) groups excluding carboxylic acids is 1. The summed E-state index contributed by atoms with van der Waals surface area (Å²) in [6, 6.07) is 0. The smallest absolute Gasteiger partial charge is 0.174 e. The van der Waals surface area contributed by atoms with Crippen LogP contribution < -0.4 is 0 Å². The summed E-state index contributed by atoms with van der Waals surface area (Å²) in [6.07, 6.45) is 14.8. The molecule has 0 aromatic rings. The predicted molar refractivity (Wildman–Crippen MR) is 79.8 cm³/mol. The van der Waals surface area contributed by atoms with Crippen molar-refractivity contribution >= 4 is 6.29 Å². The molecule has 18 heavy (non-hydrogen) atoms. The Kier molecular flexibility index (Phi) is 11.5. The van der Waals surface area contributed by atoms with Gasteiger partial charge in [-0.25, -0.2) is 0 Å². The molecule has 0 rings (SSSR count). The van der Waals surface area contributed by atoms with Crippen molar-refractivity contribution in [3.05, 3.63) is 0 Å². The van der Waals surface area contributed by atoms with Gasteiger partial charge < -0.3 is 4.48 Å². The van der Waals surface area contributed by atoms with Gasteiger partial charge in [-0.1, -0.05) is 58.3 Å². The Bertz CT molecular complexity index is 190. The molecule has 0 radical (unpaired) electrons. The van der Waals surface area contributed by atoms with Crippen LogP contribution in [0.15, 0.2) is 0 Å². The number of quaternary nitrogens is 1.